The predicted octanol–water partition coefficient (Wildman–Crippen LogP) is 1.98. The van der Waals surface area contributed by atoms with E-state index in [0.717, 1.165) is 11.3 Å². The van der Waals surface area contributed by atoms with Gasteiger partial charge in [-0.3, -0.25) is 14.9 Å². The number of benzene rings is 1. The highest BCUT2D eigenvalue weighted by Gasteiger charge is 2.51. The van der Waals surface area contributed by atoms with Crippen LogP contribution < -0.4 is 4.90 Å². The lowest BCUT2D eigenvalue weighted by atomic mass is 9.84. The average molecular weight is 248 g/mol. The summed E-state index contributed by atoms with van der Waals surface area (Å²) in [7, 11) is 0. The van der Waals surface area contributed by atoms with Gasteiger partial charge >= 0.3 is 0 Å². The van der Waals surface area contributed by atoms with Crippen LogP contribution in [0.5, 0.6) is 0 Å². The third-order valence-corrected chi connectivity index (χ3v) is 3.41. The van der Waals surface area contributed by atoms with Crippen molar-refractivity contribution < 1.29 is 9.72 Å². The number of anilines is 1. The molecule has 1 atom stereocenters. The fourth-order valence-electron chi connectivity index (χ4n) is 2.56. The topological polar surface area (TPSA) is 63.5 Å². The molecule has 0 radical (unpaired) electrons. The minimum Gasteiger partial charge on any atom is -0.309 e. The monoisotopic (exact) mass is 248 g/mol. The zero-order chi connectivity index (χ0) is 13.5. The molecule has 1 aromatic rings. The average Bonchev–Trinajstić information content (AvgIpc) is 2.48. The van der Waals surface area contributed by atoms with E-state index in [0.29, 0.717) is 0 Å². The summed E-state index contributed by atoms with van der Waals surface area (Å²) in [6.07, 6.45) is 0. The quantitative estimate of drug-likeness (QED) is 0.607. The molecule has 1 amide bonds. The molecular weight excluding hydrogens is 232 g/mol. The van der Waals surface area contributed by atoms with Gasteiger partial charge in [0.05, 0.1) is 0 Å². The maximum atomic E-state index is 12.5. The minimum absolute atomic E-state index is 0.00720. The zero-order valence-electron chi connectivity index (χ0n) is 10.7. The van der Waals surface area contributed by atoms with Gasteiger partial charge in [0.2, 0.25) is 12.5 Å². The van der Waals surface area contributed by atoms with Crippen molar-refractivity contribution in [2.24, 2.45) is 0 Å². The van der Waals surface area contributed by atoms with Crippen molar-refractivity contribution in [2.75, 3.05) is 11.4 Å². The second-order valence-electron chi connectivity index (χ2n) is 5.11. The van der Waals surface area contributed by atoms with E-state index in [9.17, 15) is 14.9 Å². The van der Waals surface area contributed by atoms with Gasteiger partial charge in [0.15, 0.2) is 0 Å². The first kappa shape index (κ1) is 12.5. The molecule has 1 aromatic carbocycles. The fourth-order valence-corrected chi connectivity index (χ4v) is 2.56. The number of hydrogen-bond acceptors (Lipinski definition) is 3. The van der Waals surface area contributed by atoms with E-state index in [1.54, 1.807) is 17.9 Å². The standard InChI is InChI=1S/C13H16N2O3/c1-9(2)15-11-7-5-4-6-10(11)13(3,12(15)16)8-14(17)18/h4-7,9H,8H2,1-3H3. The maximum Gasteiger partial charge on any atom is 0.244 e. The van der Waals surface area contributed by atoms with Gasteiger partial charge in [-0.2, -0.15) is 0 Å². The second-order valence-corrected chi connectivity index (χ2v) is 5.11. The summed E-state index contributed by atoms with van der Waals surface area (Å²) in [6, 6.07) is 7.30. The molecule has 5 heteroatoms. The van der Waals surface area contributed by atoms with Crippen LogP contribution in [-0.4, -0.2) is 23.4 Å². The minimum atomic E-state index is -1.05. The van der Waals surface area contributed by atoms with Crippen molar-refractivity contribution in [3.05, 3.63) is 39.9 Å². The Morgan fingerprint density at radius 3 is 2.56 bits per heavy atom. The molecule has 0 spiro atoms. The third-order valence-electron chi connectivity index (χ3n) is 3.41. The van der Waals surface area contributed by atoms with Crippen LogP contribution in [-0.2, 0) is 10.2 Å². The lowest BCUT2D eigenvalue weighted by Gasteiger charge is -2.24. The molecule has 96 valence electrons. The smallest absolute Gasteiger partial charge is 0.244 e. The number of fused-ring (bicyclic) bond motifs is 1. The molecule has 0 saturated carbocycles. The number of rotatable bonds is 3. The van der Waals surface area contributed by atoms with Gasteiger partial charge in [-0.05, 0) is 32.4 Å². The summed E-state index contributed by atoms with van der Waals surface area (Å²) < 4.78 is 0. The van der Waals surface area contributed by atoms with Gasteiger partial charge in [0.1, 0.15) is 5.41 Å². The number of carbonyl (C=O) groups is 1. The molecular formula is C13H16N2O3. The molecule has 0 fully saturated rings. The number of carbonyl (C=O) groups excluding carboxylic acids is 1. The highest BCUT2D eigenvalue weighted by atomic mass is 16.6. The molecule has 0 aromatic heterocycles. The van der Waals surface area contributed by atoms with Crippen molar-refractivity contribution in [3.63, 3.8) is 0 Å². The van der Waals surface area contributed by atoms with Gasteiger partial charge in [-0.15, -0.1) is 0 Å². The highest BCUT2D eigenvalue weighted by molar-refractivity contribution is 6.08. The predicted molar refractivity (Wildman–Crippen MR) is 68.3 cm³/mol. The molecule has 0 N–H and O–H groups in total. The summed E-state index contributed by atoms with van der Waals surface area (Å²) >= 11 is 0. The van der Waals surface area contributed by atoms with Crippen LogP contribution in [0.25, 0.3) is 0 Å². The van der Waals surface area contributed by atoms with Gasteiger partial charge < -0.3 is 4.90 Å². The van der Waals surface area contributed by atoms with Gasteiger partial charge in [-0.1, -0.05) is 18.2 Å². The van der Waals surface area contributed by atoms with Gasteiger partial charge in [0, 0.05) is 16.7 Å². The van der Waals surface area contributed by atoms with E-state index in [1.807, 2.05) is 32.0 Å². The van der Waals surface area contributed by atoms with Gasteiger partial charge in [-0.25, -0.2) is 0 Å². The lowest BCUT2D eigenvalue weighted by molar-refractivity contribution is -0.487. The third kappa shape index (κ3) is 1.66. The second kappa shape index (κ2) is 4.08. The first-order valence-corrected chi connectivity index (χ1v) is 5.93. The van der Waals surface area contributed by atoms with Gasteiger partial charge in [0.25, 0.3) is 0 Å². The molecule has 1 aliphatic heterocycles. The summed E-state index contributed by atoms with van der Waals surface area (Å²) in [6.45, 7) is 5.10. The Balaban J connectivity index is 2.58. The number of hydrogen-bond donors (Lipinski definition) is 0. The summed E-state index contributed by atoms with van der Waals surface area (Å²) in [5.41, 5.74) is 0.493. The van der Waals surface area contributed by atoms with Crippen molar-refractivity contribution >= 4 is 11.6 Å². The Morgan fingerprint density at radius 1 is 1.39 bits per heavy atom. The maximum absolute atomic E-state index is 12.5. The normalized spacial score (nSPS) is 22.4. The van der Waals surface area contributed by atoms with Crippen LogP contribution in [0.15, 0.2) is 24.3 Å². The van der Waals surface area contributed by atoms with Crippen LogP contribution in [0, 0.1) is 10.1 Å². The number of para-hydroxylation sites is 1. The molecule has 1 heterocycles. The van der Waals surface area contributed by atoms with E-state index < -0.39 is 10.3 Å². The van der Waals surface area contributed by atoms with E-state index in [1.165, 1.54) is 0 Å². The zero-order valence-corrected chi connectivity index (χ0v) is 10.7. The van der Waals surface area contributed by atoms with Crippen LogP contribution in [0.2, 0.25) is 0 Å². The van der Waals surface area contributed by atoms with Crippen molar-refractivity contribution in [2.45, 2.75) is 32.2 Å². The molecule has 0 aliphatic carbocycles. The molecule has 1 aliphatic rings. The first-order chi connectivity index (χ1) is 8.38. The Morgan fingerprint density at radius 2 is 2.00 bits per heavy atom. The Labute approximate surface area is 106 Å². The van der Waals surface area contributed by atoms with Crippen molar-refractivity contribution in [1.29, 1.82) is 0 Å². The Bertz CT molecular complexity index is 513. The highest BCUT2D eigenvalue weighted by Crippen LogP contribution is 2.42. The van der Waals surface area contributed by atoms with E-state index in [-0.39, 0.29) is 18.5 Å². The molecule has 0 saturated heterocycles. The molecule has 2 rings (SSSR count). The van der Waals surface area contributed by atoms with Crippen LogP contribution >= 0.6 is 0 Å². The van der Waals surface area contributed by atoms with Crippen molar-refractivity contribution in [1.82, 2.24) is 0 Å². The van der Waals surface area contributed by atoms with E-state index >= 15 is 0 Å². The summed E-state index contributed by atoms with van der Waals surface area (Å²) in [4.78, 5) is 24.5. The number of nitrogens with zero attached hydrogens (tertiary/aromatic N) is 2. The summed E-state index contributed by atoms with van der Waals surface area (Å²) in [5, 5.41) is 10.8. The van der Waals surface area contributed by atoms with E-state index in [2.05, 4.69) is 0 Å². The number of amides is 1. The van der Waals surface area contributed by atoms with Crippen LogP contribution in [0.4, 0.5) is 5.69 Å². The molecule has 0 bridgehead atoms. The van der Waals surface area contributed by atoms with E-state index in [4.69, 9.17) is 0 Å². The fraction of sp³-hybridized carbons (Fsp3) is 0.462. The van der Waals surface area contributed by atoms with Crippen molar-refractivity contribution in [3.8, 4) is 0 Å². The Kier molecular flexibility index (Phi) is 2.84. The Hall–Kier alpha value is -1.91. The van der Waals surface area contributed by atoms with Crippen LogP contribution in [0.3, 0.4) is 0 Å². The van der Waals surface area contributed by atoms with Crippen LogP contribution in [0.1, 0.15) is 26.3 Å². The number of nitro groups is 1. The first-order valence-electron chi connectivity index (χ1n) is 5.93. The molecule has 1 unspecified atom stereocenters. The SMILES string of the molecule is CC(C)N1C(=O)C(C)(C[N+](=O)[O-])c2ccccc21. The largest absolute Gasteiger partial charge is 0.309 e. The lowest BCUT2D eigenvalue weighted by Crippen LogP contribution is -2.45. The summed E-state index contributed by atoms with van der Waals surface area (Å²) in [5.74, 6) is -0.185. The molecule has 18 heavy (non-hydrogen) atoms. The molecule has 5 nitrogen and oxygen atoms in total.